The first kappa shape index (κ1) is 10.9. The second-order valence-corrected chi connectivity index (χ2v) is 5.31. The Labute approximate surface area is 102 Å². The number of hydrogen-bond donors (Lipinski definition) is 1. The maximum Gasteiger partial charge on any atom is 0.273 e. The molecular formula is C12H20N4O. The van der Waals surface area contributed by atoms with Gasteiger partial charge in [0.15, 0.2) is 0 Å². The number of rotatable bonds is 2. The van der Waals surface area contributed by atoms with E-state index in [0.717, 1.165) is 38.7 Å². The molecule has 17 heavy (non-hydrogen) atoms. The molecule has 2 saturated heterocycles. The highest BCUT2D eigenvalue weighted by Crippen LogP contribution is 2.25. The molecule has 0 unspecified atom stereocenters. The van der Waals surface area contributed by atoms with Crippen LogP contribution >= 0.6 is 0 Å². The van der Waals surface area contributed by atoms with Crippen LogP contribution in [0.25, 0.3) is 0 Å². The third kappa shape index (κ3) is 1.99. The summed E-state index contributed by atoms with van der Waals surface area (Å²) in [7, 11) is 2.01. The Kier molecular flexibility index (Phi) is 2.70. The SMILES string of the molecule is CN1C=C2C(=O)N(CC3CCNCC3)CN2C1. The van der Waals surface area contributed by atoms with E-state index in [1.165, 1.54) is 12.8 Å². The lowest BCUT2D eigenvalue weighted by Crippen LogP contribution is -2.38. The number of carbonyl (C=O) groups is 1. The van der Waals surface area contributed by atoms with Gasteiger partial charge < -0.3 is 20.0 Å². The van der Waals surface area contributed by atoms with Gasteiger partial charge in [0.25, 0.3) is 5.91 Å². The monoisotopic (exact) mass is 236 g/mol. The van der Waals surface area contributed by atoms with Crippen molar-refractivity contribution >= 4 is 5.91 Å². The summed E-state index contributed by atoms with van der Waals surface area (Å²) >= 11 is 0. The topological polar surface area (TPSA) is 38.8 Å². The number of nitrogens with zero attached hydrogens (tertiary/aromatic N) is 3. The number of fused-ring (bicyclic) bond motifs is 1. The zero-order valence-corrected chi connectivity index (χ0v) is 10.4. The van der Waals surface area contributed by atoms with Crippen molar-refractivity contribution in [2.75, 3.05) is 40.0 Å². The van der Waals surface area contributed by atoms with Crippen LogP contribution in [0, 0.1) is 5.92 Å². The van der Waals surface area contributed by atoms with E-state index < -0.39 is 0 Å². The molecular weight excluding hydrogens is 216 g/mol. The first-order chi connectivity index (χ1) is 8.24. The van der Waals surface area contributed by atoms with Crippen molar-refractivity contribution in [1.82, 2.24) is 20.0 Å². The third-order valence-electron chi connectivity index (χ3n) is 3.86. The van der Waals surface area contributed by atoms with E-state index in [1.807, 2.05) is 18.1 Å². The Morgan fingerprint density at radius 3 is 2.82 bits per heavy atom. The van der Waals surface area contributed by atoms with Gasteiger partial charge in [0.05, 0.1) is 13.3 Å². The average Bonchev–Trinajstić information content (AvgIpc) is 2.81. The van der Waals surface area contributed by atoms with Gasteiger partial charge in [0.2, 0.25) is 0 Å². The maximum absolute atomic E-state index is 12.2. The second kappa shape index (κ2) is 4.22. The van der Waals surface area contributed by atoms with Gasteiger partial charge in [-0.3, -0.25) is 4.79 Å². The zero-order chi connectivity index (χ0) is 11.8. The fourth-order valence-corrected chi connectivity index (χ4v) is 2.94. The average molecular weight is 236 g/mol. The lowest BCUT2D eigenvalue weighted by Gasteiger charge is -2.27. The van der Waals surface area contributed by atoms with Gasteiger partial charge in [0.1, 0.15) is 5.70 Å². The molecule has 0 aliphatic carbocycles. The fraction of sp³-hybridized carbons (Fsp3) is 0.750. The normalized spacial score (nSPS) is 25.6. The molecule has 3 rings (SSSR count). The molecule has 3 aliphatic rings. The Morgan fingerprint density at radius 1 is 1.35 bits per heavy atom. The molecule has 94 valence electrons. The fourth-order valence-electron chi connectivity index (χ4n) is 2.94. The van der Waals surface area contributed by atoms with Crippen LogP contribution < -0.4 is 5.32 Å². The Bertz CT molecular complexity index is 348. The van der Waals surface area contributed by atoms with Crippen LogP contribution in [0.4, 0.5) is 0 Å². The van der Waals surface area contributed by atoms with Gasteiger partial charge in [-0.05, 0) is 31.8 Å². The molecule has 0 aromatic heterocycles. The molecule has 5 nitrogen and oxygen atoms in total. The quantitative estimate of drug-likeness (QED) is 0.722. The van der Waals surface area contributed by atoms with Crippen molar-refractivity contribution in [1.29, 1.82) is 0 Å². The van der Waals surface area contributed by atoms with Crippen LogP contribution in [0.5, 0.6) is 0 Å². The smallest absolute Gasteiger partial charge is 0.273 e. The summed E-state index contributed by atoms with van der Waals surface area (Å²) in [6.07, 6.45) is 4.36. The number of piperidine rings is 1. The first-order valence-electron chi connectivity index (χ1n) is 6.41. The Balaban J connectivity index is 1.62. The van der Waals surface area contributed by atoms with Crippen molar-refractivity contribution in [2.24, 2.45) is 5.92 Å². The van der Waals surface area contributed by atoms with Crippen LogP contribution in [0.1, 0.15) is 12.8 Å². The van der Waals surface area contributed by atoms with E-state index in [-0.39, 0.29) is 5.91 Å². The largest absolute Gasteiger partial charge is 0.361 e. The highest BCUT2D eigenvalue weighted by molar-refractivity contribution is 5.95. The van der Waals surface area contributed by atoms with Crippen LogP contribution in [-0.4, -0.2) is 60.6 Å². The highest BCUT2D eigenvalue weighted by Gasteiger charge is 2.37. The zero-order valence-electron chi connectivity index (χ0n) is 10.4. The summed E-state index contributed by atoms with van der Waals surface area (Å²) in [6.45, 7) is 4.75. The molecule has 0 bridgehead atoms. The number of hydrogen-bond acceptors (Lipinski definition) is 4. The second-order valence-electron chi connectivity index (χ2n) is 5.31. The lowest BCUT2D eigenvalue weighted by atomic mass is 9.98. The third-order valence-corrected chi connectivity index (χ3v) is 3.86. The number of carbonyl (C=O) groups excluding carboxylic acids is 1. The van der Waals surface area contributed by atoms with Gasteiger partial charge in [-0.2, -0.15) is 0 Å². The van der Waals surface area contributed by atoms with E-state index in [0.29, 0.717) is 5.92 Å². The van der Waals surface area contributed by atoms with Gasteiger partial charge in [0, 0.05) is 19.8 Å². The summed E-state index contributed by atoms with van der Waals surface area (Å²) in [6, 6.07) is 0. The molecule has 3 aliphatic heterocycles. The van der Waals surface area contributed by atoms with E-state index in [1.54, 1.807) is 0 Å². The molecule has 5 heteroatoms. The minimum absolute atomic E-state index is 0.216. The van der Waals surface area contributed by atoms with Crippen LogP contribution in [-0.2, 0) is 4.79 Å². The van der Waals surface area contributed by atoms with Gasteiger partial charge in [-0.1, -0.05) is 0 Å². The highest BCUT2D eigenvalue weighted by atomic mass is 16.2. The van der Waals surface area contributed by atoms with E-state index in [9.17, 15) is 4.79 Å². The number of amides is 1. The molecule has 0 saturated carbocycles. The minimum Gasteiger partial charge on any atom is -0.361 e. The predicted octanol–water partition coefficient (Wildman–Crippen LogP) is -0.168. The lowest BCUT2D eigenvalue weighted by molar-refractivity contribution is -0.125. The van der Waals surface area contributed by atoms with E-state index in [4.69, 9.17) is 0 Å². The first-order valence-corrected chi connectivity index (χ1v) is 6.41. The Hall–Kier alpha value is -1.23. The molecule has 0 aromatic carbocycles. The summed E-state index contributed by atoms with van der Waals surface area (Å²) in [5, 5.41) is 3.36. The molecule has 1 N–H and O–H groups in total. The van der Waals surface area contributed by atoms with Crippen LogP contribution in [0.2, 0.25) is 0 Å². The molecule has 3 heterocycles. The molecule has 2 fully saturated rings. The summed E-state index contributed by atoms with van der Waals surface area (Å²) in [4.78, 5) is 18.4. The molecule has 0 radical (unpaired) electrons. The van der Waals surface area contributed by atoms with Crippen molar-refractivity contribution in [3.8, 4) is 0 Å². The van der Waals surface area contributed by atoms with E-state index in [2.05, 4.69) is 15.1 Å². The molecule has 1 amide bonds. The molecule has 0 atom stereocenters. The van der Waals surface area contributed by atoms with Crippen molar-refractivity contribution in [3.63, 3.8) is 0 Å². The standard InChI is InChI=1S/C12H20N4O/c1-14-7-11-12(17)15(9-16(11)8-14)6-10-2-4-13-5-3-10/h7,10,13H,2-6,8-9H2,1H3. The Morgan fingerprint density at radius 2 is 2.12 bits per heavy atom. The van der Waals surface area contributed by atoms with Gasteiger partial charge in [-0.25, -0.2) is 0 Å². The molecule has 0 aromatic rings. The van der Waals surface area contributed by atoms with Crippen LogP contribution in [0.3, 0.4) is 0 Å². The van der Waals surface area contributed by atoms with Gasteiger partial charge in [-0.15, -0.1) is 0 Å². The predicted molar refractivity (Wildman–Crippen MR) is 64.7 cm³/mol. The maximum atomic E-state index is 12.2. The summed E-state index contributed by atoms with van der Waals surface area (Å²) in [5.74, 6) is 0.895. The number of nitrogens with one attached hydrogen (secondary N) is 1. The summed E-state index contributed by atoms with van der Waals surface area (Å²) < 4.78 is 0. The van der Waals surface area contributed by atoms with Crippen molar-refractivity contribution in [2.45, 2.75) is 12.8 Å². The van der Waals surface area contributed by atoms with Gasteiger partial charge >= 0.3 is 0 Å². The van der Waals surface area contributed by atoms with Crippen LogP contribution in [0.15, 0.2) is 11.9 Å². The molecule has 0 spiro atoms. The van der Waals surface area contributed by atoms with E-state index >= 15 is 0 Å². The van der Waals surface area contributed by atoms with Crippen molar-refractivity contribution < 1.29 is 4.79 Å². The summed E-state index contributed by atoms with van der Waals surface area (Å²) in [5.41, 5.74) is 0.876. The minimum atomic E-state index is 0.216. The van der Waals surface area contributed by atoms with Crippen molar-refractivity contribution in [3.05, 3.63) is 11.9 Å².